The summed E-state index contributed by atoms with van der Waals surface area (Å²) >= 11 is 3.22. The van der Waals surface area contributed by atoms with Gasteiger partial charge in [-0.05, 0) is 34.1 Å². The van der Waals surface area contributed by atoms with Crippen molar-refractivity contribution in [3.63, 3.8) is 0 Å². The fourth-order valence-corrected chi connectivity index (χ4v) is 3.14. The predicted molar refractivity (Wildman–Crippen MR) is 74.1 cm³/mol. The van der Waals surface area contributed by atoms with E-state index in [1.54, 1.807) is 23.7 Å². The number of aliphatic hydroxyl groups is 1. The lowest BCUT2D eigenvalue weighted by Crippen LogP contribution is -2.13. The van der Waals surface area contributed by atoms with Gasteiger partial charge in [0, 0.05) is 25.1 Å². The van der Waals surface area contributed by atoms with Crippen LogP contribution in [0.1, 0.15) is 5.69 Å². The van der Waals surface area contributed by atoms with Gasteiger partial charge in [0.2, 0.25) is 0 Å². The zero-order valence-corrected chi connectivity index (χ0v) is 12.4. The highest BCUT2D eigenvalue weighted by Gasteiger charge is 2.19. The van der Waals surface area contributed by atoms with Crippen LogP contribution in [0.15, 0.2) is 40.0 Å². The Morgan fingerprint density at radius 2 is 2.26 bits per heavy atom. The average Bonchev–Trinajstić information content (AvgIpc) is 2.74. The maximum atomic E-state index is 12.2. The van der Waals surface area contributed by atoms with Gasteiger partial charge >= 0.3 is 0 Å². The van der Waals surface area contributed by atoms with Crippen molar-refractivity contribution in [1.82, 2.24) is 9.55 Å². The first-order valence-electron chi connectivity index (χ1n) is 5.33. The number of nitrogens with one attached hydrogen (secondary N) is 1. The Hall–Kier alpha value is -1.38. The van der Waals surface area contributed by atoms with Gasteiger partial charge in [-0.1, -0.05) is 0 Å². The van der Waals surface area contributed by atoms with Crippen LogP contribution in [0.25, 0.3) is 0 Å². The quantitative estimate of drug-likeness (QED) is 0.878. The molecule has 2 aromatic rings. The van der Waals surface area contributed by atoms with Crippen molar-refractivity contribution < 1.29 is 13.5 Å². The lowest BCUT2D eigenvalue weighted by molar-refractivity contribution is 0.272. The number of hydrogen-bond donors (Lipinski definition) is 2. The Kier molecular flexibility index (Phi) is 3.93. The van der Waals surface area contributed by atoms with Crippen LogP contribution in [0.2, 0.25) is 0 Å². The maximum absolute atomic E-state index is 12.2. The molecule has 0 bridgehead atoms. The minimum atomic E-state index is -3.72. The van der Waals surface area contributed by atoms with Gasteiger partial charge in [0.05, 0.1) is 11.1 Å². The molecule has 0 aliphatic carbocycles. The van der Waals surface area contributed by atoms with E-state index < -0.39 is 10.0 Å². The monoisotopic (exact) mass is 345 g/mol. The Labute approximate surface area is 119 Å². The summed E-state index contributed by atoms with van der Waals surface area (Å²) in [5.74, 6) is 0.219. The smallest absolute Gasteiger partial charge is 0.264 e. The van der Waals surface area contributed by atoms with Crippen molar-refractivity contribution in [2.45, 2.75) is 11.5 Å². The van der Waals surface area contributed by atoms with Gasteiger partial charge in [0.25, 0.3) is 10.0 Å². The molecule has 8 heteroatoms. The van der Waals surface area contributed by atoms with E-state index in [2.05, 4.69) is 25.6 Å². The Balaban J connectivity index is 2.35. The van der Waals surface area contributed by atoms with Crippen LogP contribution in [0, 0.1) is 0 Å². The van der Waals surface area contributed by atoms with Crippen LogP contribution >= 0.6 is 15.9 Å². The molecule has 2 rings (SSSR count). The molecule has 0 radical (unpaired) electrons. The second kappa shape index (κ2) is 5.32. The number of aromatic nitrogens is 2. The summed E-state index contributed by atoms with van der Waals surface area (Å²) in [7, 11) is -2.05. The predicted octanol–water partition coefficient (Wildman–Crippen LogP) is 1.48. The molecule has 2 aromatic heterocycles. The van der Waals surface area contributed by atoms with E-state index in [-0.39, 0.29) is 17.3 Å². The highest BCUT2D eigenvalue weighted by Crippen LogP contribution is 2.22. The van der Waals surface area contributed by atoms with Crippen molar-refractivity contribution in [1.29, 1.82) is 0 Å². The first kappa shape index (κ1) is 14.0. The summed E-state index contributed by atoms with van der Waals surface area (Å²) in [4.78, 5) is 4.03. The van der Waals surface area contributed by atoms with Crippen LogP contribution in [-0.2, 0) is 23.7 Å². The van der Waals surface area contributed by atoms with E-state index in [9.17, 15) is 8.42 Å². The van der Waals surface area contributed by atoms with Crippen molar-refractivity contribution in [2.24, 2.45) is 7.05 Å². The lowest BCUT2D eigenvalue weighted by Gasteiger charge is -2.06. The third kappa shape index (κ3) is 2.96. The van der Waals surface area contributed by atoms with Gasteiger partial charge in [-0.15, -0.1) is 0 Å². The van der Waals surface area contributed by atoms with Crippen molar-refractivity contribution in [3.8, 4) is 0 Å². The number of nitrogens with zero attached hydrogens (tertiary/aromatic N) is 2. The topological polar surface area (TPSA) is 84.2 Å². The van der Waals surface area contributed by atoms with Gasteiger partial charge in [-0.25, -0.2) is 13.4 Å². The molecule has 0 aliphatic rings. The first-order chi connectivity index (χ1) is 8.94. The molecule has 0 saturated heterocycles. The van der Waals surface area contributed by atoms with E-state index in [4.69, 9.17) is 5.11 Å². The van der Waals surface area contributed by atoms with E-state index >= 15 is 0 Å². The Morgan fingerprint density at radius 3 is 2.84 bits per heavy atom. The molecule has 2 heterocycles. The number of halogens is 1. The Bertz CT molecular complexity index is 697. The maximum Gasteiger partial charge on any atom is 0.264 e. The van der Waals surface area contributed by atoms with E-state index in [0.29, 0.717) is 10.2 Å². The molecule has 0 aromatic carbocycles. The average molecular weight is 346 g/mol. The second-order valence-electron chi connectivity index (χ2n) is 3.88. The van der Waals surface area contributed by atoms with Crippen molar-refractivity contribution in [3.05, 3.63) is 40.8 Å². The SMILES string of the molecule is Cn1cc(S(=O)(=O)Nc2ncccc2Br)cc1CO. The fourth-order valence-electron chi connectivity index (χ4n) is 1.53. The minimum Gasteiger partial charge on any atom is -0.390 e. The number of hydrogen-bond acceptors (Lipinski definition) is 4. The summed E-state index contributed by atoms with van der Waals surface area (Å²) in [6, 6.07) is 4.79. The summed E-state index contributed by atoms with van der Waals surface area (Å²) in [5.41, 5.74) is 0.514. The molecule has 0 unspecified atom stereocenters. The van der Waals surface area contributed by atoms with Gasteiger partial charge in [-0.3, -0.25) is 4.72 Å². The molecule has 102 valence electrons. The molecule has 0 saturated carbocycles. The van der Waals surface area contributed by atoms with Crippen LogP contribution in [-0.4, -0.2) is 23.1 Å². The molecule has 2 N–H and O–H groups in total. The fraction of sp³-hybridized carbons (Fsp3) is 0.182. The number of aliphatic hydroxyl groups excluding tert-OH is 1. The van der Waals surface area contributed by atoms with E-state index in [0.717, 1.165) is 0 Å². The summed E-state index contributed by atoms with van der Waals surface area (Å²) in [5, 5.41) is 9.08. The van der Waals surface area contributed by atoms with Crippen LogP contribution < -0.4 is 4.72 Å². The van der Waals surface area contributed by atoms with Crippen LogP contribution in [0.3, 0.4) is 0 Å². The lowest BCUT2D eigenvalue weighted by atomic mass is 10.5. The van der Waals surface area contributed by atoms with E-state index in [1.165, 1.54) is 18.5 Å². The third-order valence-corrected chi connectivity index (χ3v) is 4.49. The summed E-state index contributed by atoms with van der Waals surface area (Å²) < 4.78 is 28.8. The van der Waals surface area contributed by atoms with Crippen molar-refractivity contribution >= 4 is 31.8 Å². The summed E-state index contributed by atoms with van der Waals surface area (Å²) in [6.45, 7) is -0.223. The summed E-state index contributed by atoms with van der Waals surface area (Å²) in [6.07, 6.45) is 2.93. The van der Waals surface area contributed by atoms with Gasteiger partial charge < -0.3 is 9.67 Å². The zero-order valence-electron chi connectivity index (χ0n) is 10.0. The van der Waals surface area contributed by atoms with Gasteiger partial charge in [-0.2, -0.15) is 0 Å². The molecule has 19 heavy (non-hydrogen) atoms. The molecule has 0 atom stereocenters. The Morgan fingerprint density at radius 1 is 1.53 bits per heavy atom. The normalized spacial score (nSPS) is 11.5. The number of pyridine rings is 1. The number of sulfonamides is 1. The first-order valence-corrected chi connectivity index (χ1v) is 7.61. The number of aryl methyl sites for hydroxylation is 1. The van der Waals surface area contributed by atoms with Gasteiger partial charge in [0.15, 0.2) is 5.82 Å². The van der Waals surface area contributed by atoms with Crippen LogP contribution in [0.4, 0.5) is 5.82 Å². The highest BCUT2D eigenvalue weighted by atomic mass is 79.9. The standard InChI is InChI=1S/C11H12BrN3O3S/c1-15-6-9(5-8(15)7-16)19(17,18)14-11-10(12)3-2-4-13-11/h2-6,16H,7H2,1H3,(H,13,14). The van der Waals surface area contributed by atoms with E-state index in [1.807, 2.05) is 0 Å². The second-order valence-corrected chi connectivity index (χ2v) is 6.41. The molecule has 0 fully saturated rings. The third-order valence-electron chi connectivity index (χ3n) is 2.54. The van der Waals surface area contributed by atoms with Gasteiger partial charge in [0.1, 0.15) is 4.90 Å². The minimum absolute atomic E-state index is 0.0802. The molecular weight excluding hydrogens is 334 g/mol. The number of anilines is 1. The molecule has 6 nitrogen and oxygen atoms in total. The number of rotatable bonds is 4. The zero-order chi connectivity index (χ0) is 14.0. The molecule has 0 amide bonds. The van der Waals surface area contributed by atoms with Crippen LogP contribution in [0.5, 0.6) is 0 Å². The molecule has 0 spiro atoms. The molecular formula is C11H12BrN3O3S. The largest absolute Gasteiger partial charge is 0.390 e. The highest BCUT2D eigenvalue weighted by molar-refractivity contribution is 9.10. The molecule has 0 aliphatic heterocycles. The van der Waals surface area contributed by atoms with Crippen molar-refractivity contribution in [2.75, 3.05) is 4.72 Å².